The maximum absolute atomic E-state index is 10.4. The Morgan fingerprint density at radius 3 is 1.92 bits per heavy atom. The van der Waals surface area contributed by atoms with Crippen molar-refractivity contribution in [2.75, 3.05) is 0 Å². The van der Waals surface area contributed by atoms with Crippen molar-refractivity contribution in [2.24, 2.45) is 0 Å². The number of quaternary nitrogens is 1. The van der Waals surface area contributed by atoms with Crippen molar-refractivity contribution < 1.29 is 13.0 Å². The Labute approximate surface area is 84.5 Å². The molecule has 0 unspecified atom stereocenters. The summed E-state index contributed by atoms with van der Waals surface area (Å²) < 4.78 is 32.1. The van der Waals surface area contributed by atoms with Crippen LogP contribution in [0.25, 0.3) is 0 Å². The number of benzene rings is 1. The van der Waals surface area contributed by atoms with E-state index in [1.54, 1.807) is 12.1 Å². The predicted octanol–water partition coefficient (Wildman–Crippen LogP) is 1.57. The SMILES string of the molecule is O=S(=O)([O-])c1ccc(I)cc1.[NH4+]. The zero-order chi connectivity index (χ0) is 8.48. The van der Waals surface area contributed by atoms with Crippen molar-refractivity contribution in [3.8, 4) is 0 Å². The highest BCUT2D eigenvalue weighted by atomic mass is 127. The summed E-state index contributed by atoms with van der Waals surface area (Å²) in [6.45, 7) is 0. The fourth-order valence-corrected chi connectivity index (χ4v) is 1.43. The number of halogens is 1. The molecule has 68 valence electrons. The van der Waals surface area contributed by atoms with Crippen molar-refractivity contribution in [3.63, 3.8) is 0 Å². The van der Waals surface area contributed by atoms with Gasteiger partial charge in [-0.05, 0) is 46.9 Å². The minimum Gasteiger partial charge on any atom is -0.744 e. The van der Waals surface area contributed by atoms with E-state index < -0.39 is 10.1 Å². The molecule has 4 nitrogen and oxygen atoms in total. The van der Waals surface area contributed by atoms with Gasteiger partial charge in [0.1, 0.15) is 10.1 Å². The Morgan fingerprint density at radius 2 is 1.58 bits per heavy atom. The van der Waals surface area contributed by atoms with E-state index in [-0.39, 0.29) is 11.0 Å². The molecule has 0 saturated carbocycles. The average molecular weight is 301 g/mol. The monoisotopic (exact) mass is 301 g/mol. The molecule has 6 heteroatoms. The number of rotatable bonds is 1. The molecule has 12 heavy (non-hydrogen) atoms. The maximum atomic E-state index is 10.4. The third kappa shape index (κ3) is 3.05. The van der Waals surface area contributed by atoms with Crippen LogP contribution in [0.15, 0.2) is 29.2 Å². The van der Waals surface area contributed by atoms with Crippen LogP contribution in [0.1, 0.15) is 0 Å². The van der Waals surface area contributed by atoms with Gasteiger partial charge in [0, 0.05) is 3.57 Å². The van der Waals surface area contributed by atoms with Crippen LogP contribution in [0, 0.1) is 3.57 Å². The van der Waals surface area contributed by atoms with Gasteiger partial charge in [-0.3, -0.25) is 0 Å². The summed E-state index contributed by atoms with van der Waals surface area (Å²) in [5, 5.41) is 0. The lowest BCUT2D eigenvalue weighted by Gasteiger charge is -2.05. The first-order valence-electron chi connectivity index (χ1n) is 2.71. The normalized spacial score (nSPS) is 10.5. The van der Waals surface area contributed by atoms with Gasteiger partial charge in [-0.1, -0.05) is 0 Å². The Balaban J connectivity index is 0.00000121. The van der Waals surface area contributed by atoms with Crippen LogP contribution >= 0.6 is 22.6 Å². The largest absolute Gasteiger partial charge is 0.744 e. The Morgan fingerprint density at radius 1 is 1.17 bits per heavy atom. The number of hydrogen-bond acceptors (Lipinski definition) is 3. The molecule has 0 spiro atoms. The van der Waals surface area contributed by atoms with Crippen LogP contribution in [0.2, 0.25) is 0 Å². The van der Waals surface area contributed by atoms with Gasteiger partial charge in [0.2, 0.25) is 0 Å². The van der Waals surface area contributed by atoms with Crippen molar-refractivity contribution in [2.45, 2.75) is 4.90 Å². The highest BCUT2D eigenvalue weighted by Gasteiger charge is 1.98. The first-order chi connectivity index (χ1) is 5.00. The molecule has 0 aliphatic rings. The molecule has 0 bridgehead atoms. The maximum Gasteiger partial charge on any atom is 0.124 e. The molecular formula is C6H8INO3S. The Kier molecular flexibility index (Phi) is 4.11. The summed E-state index contributed by atoms with van der Waals surface area (Å²) >= 11 is 2.03. The van der Waals surface area contributed by atoms with E-state index in [4.69, 9.17) is 0 Å². The highest BCUT2D eigenvalue weighted by Crippen LogP contribution is 2.10. The predicted molar refractivity (Wildman–Crippen MR) is 53.1 cm³/mol. The van der Waals surface area contributed by atoms with Crippen molar-refractivity contribution in [1.29, 1.82) is 0 Å². The zero-order valence-electron chi connectivity index (χ0n) is 6.32. The molecule has 4 N–H and O–H groups in total. The molecule has 0 aliphatic carbocycles. The van der Waals surface area contributed by atoms with Crippen LogP contribution in [0.3, 0.4) is 0 Å². The lowest BCUT2D eigenvalue weighted by atomic mass is 10.4. The van der Waals surface area contributed by atoms with Crippen LogP contribution in [-0.4, -0.2) is 13.0 Å². The van der Waals surface area contributed by atoms with Crippen molar-refractivity contribution >= 4 is 32.7 Å². The summed E-state index contributed by atoms with van der Waals surface area (Å²) in [7, 11) is -4.27. The molecule has 0 heterocycles. The molecule has 0 aromatic heterocycles. The number of hydrogen-bond donors (Lipinski definition) is 1. The van der Waals surface area contributed by atoms with Crippen LogP contribution in [-0.2, 0) is 10.1 Å². The summed E-state index contributed by atoms with van der Waals surface area (Å²) in [4.78, 5) is -0.182. The minimum atomic E-state index is -4.27. The minimum absolute atomic E-state index is 0. The van der Waals surface area contributed by atoms with E-state index in [1.807, 2.05) is 22.6 Å². The lowest BCUT2D eigenvalue weighted by Crippen LogP contribution is -1.97. The van der Waals surface area contributed by atoms with Crippen molar-refractivity contribution in [1.82, 2.24) is 6.15 Å². The fraction of sp³-hybridized carbons (Fsp3) is 0. The van der Waals surface area contributed by atoms with E-state index in [0.717, 1.165) is 3.57 Å². The second kappa shape index (κ2) is 4.17. The van der Waals surface area contributed by atoms with Gasteiger partial charge in [0.05, 0.1) is 4.90 Å². The smallest absolute Gasteiger partial charge is 0.124 e. The van der Waals surface area contributed by atoms with Gasteiger partial charge in [-0.15, -0.1) is 0 Å². The van der Waals surface area contributed by atoms with Gasteiger partial charge < -0.3 is 10.7 Å². The van der Waals surface area contributed by atoms with Crippen LogP contribution in [0.5, 0.6) is 0 Å². The third-order valence-electron chi connectivity index (χ3n) is 1.10. The molecular weight excluding hydrogens is 293 g/mol. The van der Waals surface area contributed by atoms with Crippen molar-refractivity contribution in [3.05, 3.63) is 27.8 Å². The average Bonchev–Trinajstić information content (AvgIpc) is 1.86. The van der Waals surface area contributed by atoms with Gasteiger partial charge in [-0.25, -0.2) is 8.42 Å². The summed E-state index contributed by atoms with van der Waals surface area (Å²) in [5.41, 5.74) is 0. The van der Waals surface area contributed by atoms with E-state index in [0.29, 0.717) is 0 Å². The first-order valence-corrected chi connectivity index (χ1v) is 5.20. The molecule has 0 amide bonds. The standard InChI is InChI=1S/C6H5IO3S.H3N/c7-5-1-3-6(4-2-5)11(8,9)10;/h1-4H,(H,8,9,10);1H3. The quantitative estimate of drug-likeness (QED) is 0.630. The Hall–Kier alpha value is -0.180. The van der Waals surface area contributed by atoms with E-state index in [9.17, 15) is 13.0 Å². The fourth-order valence-electron chi connectivity index (χ4n) is 0.601. The molecule has 0 aliphatic heterocycles. The van der Waals surface area contributed by atoms with E-state index >= 15 is 0 Å². The second-order valence-corrected chi connectivity index (χ2v) is 4.53. The third-order valence-corrected chi connectivity index (χ3v) is 2.67. The van der Waals surface area contributed by atoms with E-state index in [2.05, 4.69) is 0 Å². The van der Waals surface area contributed by atoms with Gasteiger partial charge in [0.15, 0.2) is 0 Å². The Bertz CT molecular complexity index is 346. The molecule has 1 aromatic rings. The summed E-state index contributed by atoms with van der Waals surface area (Å²) in [5.74, 6) is 0. The topological polar surface area (TPSA) is 93.7 Å². The van der Waals surface area contributed by atoms with Gasteiger partial charge >= 0.3 is 0 Å². The van der Waals surface area contributed by atoms with E-state index in [1.165, 1.54) is 12.1 Å². The molecule has 1 aromatic carbocycles. The first kappa shape index (κ1) is 11.8. The molecule has 0 atom stereocenters. The highest BCUT2D eigenvalue weighted by molar-refractivity contribution is 14.1. The second-order valence-electron chi connectivity index (χ2n) is 1.91. The molecule has 0 saturated heterocycles. The van der Waals surface area contributed by atoms with Crippen LogP contribution < -0.4 is 6.15 Å². The van der Waals surface area contributed by atoms with Crippen LogP contribution in [0.4, 0.5) is 0 Å². The molecule has 0 fully saturated rings. The zero-order valence-corrected chi connectivity index (χ0v) is 9.29. The van der Waals surface area contributed by atoms with Gasteiger partial charge in [0.25, 0.3) is 0 Å². The molecule has 1 rings (SSSR count). The summed E-state index contributed by atoms with van der Waals surface area (Å²) in [6, 6.07) is 5.74. The lowest BCUT2D eigenvalue weighted by molar-refractivity contribution is 0.463. The van der Waals surface area contributed by atoms with Gasteiger partial charge in [-0.2, -0.15) is 0 Å². The summed E-state index contributed by atoms with van der Waals surface area (Å²) in [6.07, 6.45) is 0. The molecule has 0 radical (unpaired) electrons.